The highest BCUT2D eigenvalue weighted by atomic mass is 15.2. The van der Waals surface area contributed by atoms with Crippen LogP contribution < -0.4 is 5.32 Å². The van der Waals surface area contributed by atoms with Crippen LogP contribution in [0.15, 0.2) is 12.2 Å². The van der Waals surface area contributed by atoms with Gasteiger partial charge < -0.3 is 5.32 Å². The molecule has 18 heavy (non-hydrogen) atoms. The Hall–Kier alpha value is -0.340. The fourth-order valence-corrected chi connectivity index (χ4v) is 2.58. The van der Waals surface area contributed by atoms with E-state index in [0.717, 1.165) is 32.5 Å². The minimum absolute atomic E-state index is 0.177. The van der Waals surface area contributed by atoms with Crippen LogP contribution in [0.4, 0.5) is 0 Å². The van der Waals surface area contributed by atoms with Gasteiger partial charge >= 0.3 is 0 Å². The van der Waals surface area contributed by atoms with Crippen LogP contribution in [0.25, 0.3) is 0 Å². The summed E-state index contributed by atoms with van der Waals surface area (Å²) in [4.78, 5) is 2.54. The van der Waals surface area contributed by atoms with Gasteiger partial charge in [0, 0.05) is 11.6 Å². The zero-order valence-electron chi connectivity index (χ0n) is 13.5. The third-order valence-electron chi connectivity index (χ3n) is 4.06. The van der Waals surface area contributed by atoms with Gasteiger partial charge in [0.1, 0.15) is 0 Å². The highest BCUT2D eigenvalue weighted by Crippen LogP contribution is 2.24. The number of nitrogens with zero attached hydrogens (tertiary/aromatic N) is 1. The van der Waals surface area contributed by atoms with Crippen molar-refractivity contribution in [3.8, 4) is 0 Å². The Bertz CT molecular complexity index is 229. The summed E-state index contributed by atoms with van der Waals surface area (Å²) in [5, 5.41) is 3.72. The quantitative estimate of drug-likeness (QED) is 0.596. The first-order valence-electron chi connectivity index (χ1n) is 7.58. The first-order chi connectivity index (χ1) is 8.43. The van der Waals surface area contributed by atoms with Crippen molar-refractivity contribution in [3.05, 3.63) is 12.2 Å². The Labute approximate surface area is 115 Å². The van der Waals surface area contributed by atoms with Crippen LogP contribution in [-0.4, -0.2) is 36.1 Å². The molecule has 0 aliphatic heterocycles. The summed E-state index contributed by atoms with van der Waals surface area (Å²) in [6.45, 7) is 21.1. The van der Waals surface area contributed by atoms with Gasteiger partial charge in [-0.3, -0.25) is 4.90 Å². The summed E-state index contributed by atoms with van der Waals surface area (Å²) < 4.78 is 0. The molecule has 0 saturated heterocycles. The topological polar surface area (TPSA) is 15.3 Å². The molecule has 0 aromatic carbocycles. The summed E-state index contributed by atoms with van der Waals surface area (Å²) in [5.41, 5.74) is 1.53. The molecule has 0 aliphatic rings. The third-order valence-corrected chi connectivity index (χ3v) is 4.06. The lowest BCUT2D eigenvalue weighted by molar-refractivity contribution is 0.0909. The predicted molar refractivity (Wildman–Crippen MR) is 83.1 cm³/mol. The minimum Gasteiger partial charge on any atom is -0.312 e. The Kier molecular flexibility index (Phi) is 8.54. The molecule has 0 fully saturated rings. The Morgan fingerprint density at radius 2 is 1.72 bits per heavy atom. The van der Waals surface area contributed by atoms with Gasteiger partial charge in [-0.25, -0.2) is 0 Å². The van der Waals surface area contributed by atoms with Gasteiger partial charge in [-0.15, -0.1) is 0 Å². The van der Waals surface area contributed by atoms with E-state index in [-0.39, 0.29) is 5.54 Å². The van der Waals surface area contributed by atoms with Gasteiger partial charge in [0.25, 0.3) is 0 Å². The van der Waals surface area contributed by atoms with E-state index in [4.69, 9.17) is 0 Å². The van der Waals surface area contributed by atoms with E-state index in [1.54, 1.807) is 0 Å². The number of hydrogen-bond acceptors (Lipinski definition) is 2. The van der Waals surface area contributed by atoms with E-state index >= 15 is 0 Å². The summed E-state index contributed by atoms with van der Waals surface area (Å²) in [6, 6.07) is 0.491. The van der Waals surface area contributed by atoms with Crippen molar-refractivity contribution < 1.29 is 0 Å². The van der Waals surface area contributed by atoms with Crippen molar-refractivity contribution in [3.63, 3.8) is 0 Å². The zero-order chi connectivity index (χ0) is 14.2. The predicted octanol–water partition coefficient (Wildman–Crippen LogP) is 3.83. The van der Waals surface area contributed by atoms with Crippen molar-refractivity contribution >= 4 is 0 Å². The maximum atomic E-state index is 4.19. The smallest absolute Gasteiger partial charge is 0.0309 e. The van der Waals surface area contributed by atoms with Crippen LogP contribution in [0.2, 0.25) is 0 Å². The largest absolute Gasteiger partial charge is 0.312 e. The zero-order valence-corrected chi connectivity index (χ0v) is 13.5. The highest BCUT2D eigenvalue weighted by Gasteiger charge is 2.33. The molecule has 0 saturated carbocycles. The van der Waals surface area contributed by atoms with Gasteiger partial charge in [-0.1, -0.05) is 39.8 Å². The van der Waals surface area contributed by atoms with Crippen molar-refractivity contribution in [2.24, 2.45) is 0 Å². The fraction of sp³-hybridized carbons (Fsp3) is 0.875. The summed E-state index contributed by atoms with van der Waals surface area (Å²) >= 11 is 0. The second kappa shape index (κ2) is 8.71. The molecule has 1 unspecified atom stereocenters. The van der Waals surface area contributed by atoms with Crippen molar-refractivity contribution in [1.29, 1.82) is 0 Å². The van der Waals surface area contributed by atoms with Gasteiger partial charge in [0.2, 0.25) is 0 Å². The third kappa shape index (κ3) is 5.11. The lowest BCUT2D eigenvalue weighted by Gasteiger charge is -2.44. The van der Waals surface area contributed by atoms with Crippen molar-refractivity contribution in [2.75, 3.05) is 19.6 Å². The van der Waals surface area contributed by atoms with Gasteiger partial charge in [-0.05, 0) is 52.7 Å². The van der Waals surface area contributed by atoms with Crippen LogP contribution in [-0.2, 0) is 0 Å². The van der Waals surface area contributed by atoms with E-state index < -0.39 is 0 Å². The van der Waals surface area contributed by atoms with E-state index in [9.17, 15) is 0 Å². The molecule has 0 bridgehead atoms. The average Bonchev–Trinajstić information content (AvgIpc) is 2.34. The lowest BCUT2D eigenvalue weighted by Crippen LogP contribution is -2.57. The minimum atomic E-state index is 0.177. The summed E-state index contributed by atoms with van der Waals surface area (Å²) in [7, 11) is 0. The van der Waals surface area contributed by atoms with Crippen LogP contribution in [0, 0.1) is 0 Å². The van der Waals surface area contributed by atoms with Crippen LogP contribution >= 0.6 is 0 Å². The molecule has 0 radical (unpaired) electrons. The SMILES string of the molecule is C=C(CC)CC(NCCC)C(C)(C)N(CC)CC. The Morgan fingerprint density at radius 1 is 1.17 bits per heavy atom. The van der Waals surface area contributed by atoms with E-state index in [1.165, 1.54) is 12.0 Å². The molecule has 2 nitrogen and oxygen atoms in total. The molecule has 0 amide bonds. The molecule has 0 spiro atoms. The molecule has 0 rings (SSSR count). The maximum Gasteiger partial charge on any atom is 0.0309 e. The number of hydrogen-bond donors (Lipinski definition) is 1. The molecule has 0 aromatic heterocycles. The molecule has 2 heteroatoms. The van der Waals surface area contributed by atoms with E-state index in [2.05, 4.69) is 58.3 Å². The summed E-state index contributed by atoms with van der Waals surface area (Å²) in [5.74, 6) is 0. The second-order valence-electron chi connectivity index (χ2n) is 5.64. The molecule has 1 atom stereocenters. The van der Waals surface area contributed by atoms with Crippen LogP contribution in [0.1, 0.15) is 60.8 Å². The number of rotatable bonds is 10. The fourth-order valence-electron chi connectivity index (χ4n) is 2.58. The van der Waals surface area contributed by atoms with Crippen molar-refractivity contribution in [1.82, 2.24) is 10.2 Å². The van der Waals surface area contributed by atoms with Gasteiger partial charge in [0.15, 0.2) is 0 Å². The Balaban J connectivity index is 4.83. The van der Waals surface area contributed by atoms with Crippen LogP contribution in [0.3, 0.4) is 0 Å². The molecule has 0 heterocycles. The van der Waals surface area contributed by atoms with Crippen molar-refractivity contribution in [2.45, 2.75) is 72.4 Å². The maximum absolute atomic E-state index is 4.19. The Morgan fingerprint density at radius 3 is 2.11 bits per heavy atom. The van der Waals surface area contributed by atoms with Gasteiger partial charge in [-0.2, -0.15) is 0 Å². The normalized spacial score (nSPS) is 13.9. The lowest BCUT2D eigenvalue weighted by atomic mass is 9.87. The average molecular weight is 254 g/mol. The molecule has 1 N–H and O–H groups in total. The molecule has 108 valence electrons. The second-order valence-corrected chi connectivity index (χ2v) is 5.64. The standard InChI is InChI=1S/C16H34N2/c1-8-12-17-15(13-14(5)9-2)16(6,7)18(10-3)11-4/h15,17H,5,8-13H2,1-4,6-7H3. The number of likely N-dealkylation sites (N-methyl/N-ethyl adjacent to an activating group) is 1. The molecule has 0 aromatic rings. The van der Waals surface area contributed by atoms with E-state index in [1.807, 2.05) is 0 Å². The monoisotopic (exact) mass is 254 g/mol. The van der Waals surface area contributed by atoms with Crippen LogP contribution in [0.5, 0.6) is 0 Å². The highest BCUT2D eigenvalue weighted by molar-refractivity contribution is 5.03. The molecular weight excluding hydrogens is 220 g/mol. The molecular formula is C16H34N2. The first-order valence-corrected chi connectivity index (χ1v) is 7.58. The van der Waals surface area contributed by atoms with Gasteiger partial charge in [0.05, 0.1) is 0 Å². The van der Waals surface area contributed by atoms with E-state index in [0.29, 0.717) is 6.04 Å². The summed E-state index contributed by atoms with van der Waals surface area (Å²) in [6.07, 6.45) is 3.35. The number of nitrogens with one attached hydrogen (secondary N) is 1. The molecule has 0 aliphatic carbocycles. The first kappa shape index (κ1) is 17.7.